The van der Waals surface area contributed by atoms with Crippen molar-refractivity contribution in [2.45, 2.75) is 0 Å². The van der Waals surface area contributed by atoms with Crippen LogP contribution in [0.1, 0.15) is 0 Å². The van der Waals surface area contributed by atoms with Gasteiger partial charge in [-0.15, -0.1) is 0 Å². The van der Waals surface area contributed by atoms with Gasteiger partial charge in [-0.25, -0.2) is 4.58 Å². The molecule has 10 heavy (non-hydrogen) atoms. The molecule has 0 aliphatic rings. The monoisotopic (exact) mass is 139 g/mol. The molecule has 0 saturated heterocycles. The van der Waals surface area contributed by atoms with Crippen molar-refractivity contribution in [2.24, 2.45) is 0 Å². The molecule has 0 heterocycles. The molecule has 0 atom stereocenters. The van der Waals surface area contributed by atoms with Gasteiger partial charge in [0, 0.05) is 13.1 Å². The van der Waals surface area contributed by atoms with E-state index in [-0.39, 0.29) is 0 Å². The van der Waals surface area contributed by atoms with Crippen LogP contribution in [0.4, 0.5) is 0 Å². The molecule has 0 aromatic rings. The maximum absolute atomic E-state index is 2.90. The second-order valence-electron chi connectivity index (χ2n) is 2.15. The summed E-state index contributed by atoms with van der Waals surface area (Å²) in [5, 5.41) is 2.90. The summed E-state index contributed by atoms with van der Waals surface area (Å²) in [6.07, 6.45) is 9.75. The Morgan fingerprint density at radius 3 is 2.30 bits per heavy atom. The van der Waals surface area contributed by atoms with Crippen molar-refractivity contribution in [3.8, 4) is 0 Å². The molecule has 2 heteroatoms. The van der Waals surface area contributed by atoms with Gasteiger partial charge in [0.05, 0.1) is 0 Å². The molecule has 56 valence electrons. The van der Waals surface area contributed by atoms with Crippen LogP contribution in [0.25, 0.3) is 0 Å². The topological polar surface area (TPSA) is 15.0 Å². The van der Waals surface area contributed by atoms with E-state index in [2.05, 4.69) is 5.32 Å². The van der Waals surface area contributed by atoms with Crippen LogP contribution in [0.3, 0.4) is 0 Å². The van der Waals surface area contributed by atoms with Gasteiger partial charge in [-0.05, 0) is 12.3 Å². The molecule has 0 aromatic carbocycles. The second kappa shape index (κ2) is 6.08. The average Bonchev–Trinajstić information content (AvgIpc) is 1.87. The van der Waals surface area contributed by atoms with Crippen molar-refractivity contribution >= 4 is 6.21 Å². The summed E-state index contributed by atoms with van der Waals surface area (Å²) in [5.74, 6) is 0. The highest BCUT2D eigenvalue weighted by molar-refractivity contribution is 5.66. The van der Waals surface area contributed by atoms with Crippen LogP contribution in [0.5, 0.6) is 0 Å². The van der Waals surface area contributed by atoms with Crippen molar-refractivity contribution in [2.75, 3.05) is 21.1 Å². The molecule has 0 rings (SSSR count). The van der Waals surface area contributed by atoms with Gasteiger partial charge in [0.15, 0.2) is 6.21 Å². The van der Waals surface area contributed by atoms with Crippen molar-refractivity contribution < 1.29 is 4.58 Å². The normalized spacial score (nSPS) is 10.7. The quantitative estimate of drug-likeness (QED) is 0.344. The maximum atomic E-state index is 2.90. The van der Waals surface area contributed by atoms with E-state index < -0.39 is 0 Å². The average molecular weight is 139 g/mol. The molecule has 0 spiro atoms. The Bertz CT molecular complexity index is 151. The summed E-state index contributed by atoms with van der Waals surface area (Å²) in [7, 11) is 5.86. The summed E-state index contributed by atoms with van der Waals surface area (Å²) in [6, 6.07) is 0. The predicted octanol–water partition coefficient (Wildman–Crippen LogP) is 0.619. The number of nitrogens with zero attached hydrogens (tertiary/aromatic N) is 1. The largest absolute Gasteiger partial charge is 0.394 e. The minimum atomic E-state index is 1.88. The lowest BCUT2D eigenvalue weighted by molar-refractivity contribution is -0.458. The molecule has 0 bridgehead atoms. The van der Waals surface area contributed by atoms with E-state index in [4.69, 9.17) is 0 Å². The summed E-state index contributed by atoms with van der Waals surface area (Å²) in [5.41, 5.74) is 0. The highest BCUT2D eigenvalue weighted by Gasteiger charge is 1.72. The van der Waals surface area contributed by atoms with Crippen molar-refractivity contribution in [3.05, 3.63) is 24.4 Å². The molecule has 0 unspecified atom stereocenters. The smallest absolute Gasteiger partial charge is 0.162 e. The van der Waals surface area contributed by atoms with Crippen molar-refractivity contribution in [1.29, 1.82) is 0 Å². The summed E-state index contributed by atoms with van der Waals surface area (Å²) >= 11 is 0. The van der Waals surface area contributed by atoms with Crippen LogP contribution in [0, 0.1) is 0 Å². The molecule has 0 aliphatic carbocycles. The molecule has 0 saturated carbocycles. The van der Waals surface area contributed by atoms with Gasteiger partial charge in [-0.2, -0.15) is 0 Å². The minimum Gasteiger partial charge on any atom is -0.394 e. The Kier molecular flexibility index (Phi) is 5.44. The molecule has 0 aromatic heterocycles. The molecule has 0 amide bonds. The van der Waals surface area contributed by atoms with Crippen molar-refractivity contribution in [1.82, 2.24) is 5.32 Å². The third kappa shape index (κ3) is 6.95. The molecule has 0 radical (unpaired) electrons. The van der Waals surface area contributed by atoms with Crippen LogP contribution < -0.4 is 5.32 Å². The van der Waals surface area contributed by atoms with E-state index in [1.807, 2.05) is 56.4 Å². The first kappa shape index (κ1) is 8.95. The van der Waals surface area contributed by atoms with E-state index >= 15 is 0 Å². The van der Waals surface area contributed by atoms with E-state index in [0.29, 0.717) is 0 Å². The van der Waals surface area contributed by atoms with Crippen LogP contribution in [0.2, 0.25) is 0 Å². The Balaban J connectivity index is 3.57. The van der Waals surface area contributed by atoms with Gasteiger partial charge in [0.1, 0.15) is 14.1 Å². The van der Waals surface area contributed by atoms with E-state index in [9.17, 15) is 0 Å². The Morgan fingerprint density at radius 1 is 1.10 bits per heavy atom. The Labute approximate surface area is 62.6 Å². The molecule has 0 fully saturated rings. The summed E-state index contributed by atoms with van der Waals surface area (Å²) < 4.78 is 1.99. The van der Waals surface area contributed by atoms with E-state index in [0.717, 1.165) is 0 Å². The number of rotatable bonds is 3. The standard InChI is InChI=1S/C8H14N2/c1-9-7-5-4-6-8-10(2)3/h4-8H,1-3H3/p+1. The second-order valence-corrected chi connectivity index (χ2v) is 2.15. The van der Waals surface area contributed by atoms with Crippen LogP contribution in [-0.2, 0) is 0 Å². The first-order chi connectivity index (χ1) is 4.77. The fraction of sp³-hybridized carbons (Fsp3) is 0.375. The Hall–Kier alpha value is -1.05. The van der Waals surface area contributed by atoms with E-state index in [1.165, 1.54) is 0 Å². The molecule has 1 N–H and O–H groups in total. The zero-order valence-corrected chi connectivity index (χ0v) is 6.83. The Morgan fingerprint density at radius 2 is 1.80 bits per heavy atom. The highest BCUT2D eigenvalue weighted by atomic mass is 14.9. The van der Waals surface area contributed by atoms with E-state index in [1.54, 1.807) is 0 Å². The zero-order chi connectivity index (χ0) is 7.82. The molecule has 2 nitrogen and oxygen atoms in total. The van der Waals surface area contributed by atoms with Gasteiger partial charge in [-0.1, -0.05) is 6.08 Å². The van der Waals surface area contributed by atoms with Crippen LogP contribution in [0.15, 0.2) is 24.4 Å². The van der Waals surface area contributed by atoms with Crippen LogP contribution in [-0.4, -0.2) is 31.9 Å². The lowest BCUT2D eigenvalue weighted by Crippen LogP contribution is -1.95. The summed E-state index contributed by atoms with van der Waals surface area (Å²) in [4.78, 5) is 0. The fourth-order valence-electron chi connectivity index (χ4n) is 0.438. The number of hydrogen-bond donors (Lipinski definition) is 1. The first-order valence-corrected chi connectivity index (χ1v) is 3.27. The fourth-order valence-corrected chi connectivity index (χ4v) is 0.438. The predicted molar refractivity (Wildman–Crippen MR) is 45.5 cm³/mol. The van der Waals surface area contributed by atoms with Gasteiger partial charge >= 0.3 is 0 Å². The minimum absolute atomic E-state index is 1.88. The van der Waals surface area contributed by atoms with Gasteiger partial charge in [-0.3, -0.25) is 0 Å². The third-order valence-electron chi connectivity index (χ3n) is 0.869. The zero-order valence-electron chi connectivity index (χ0n) is 6.83. The molecular weight excluding hydrogens is 124 g/mol. The molecular formula is C8H15N2+. The SMILES string of the molecule is CNC=CC=CC=[N+](C)C. The maximum Gasteiger partial charge on any atom is 0.162 e. The number of hydrogen-bond acceptors (Lipinski definition) is 1. The number of allylic oxidation sites excluding steroid dienone is 3. The van der Waals surface area contributed by atoms with Crippen molar-refractivity contribution in [3.63, 3.8) is 0 Å². The third-order valence-corrected chi connectivity index (χ3v) is 0.869. The van der Waals surface area contributed by atoms with Gasteiger partial charge in [0.2, 0.25) is 0 Å². The first-order valence-electron chi connectivity index (χ1n) is 3.27. The highest BCUT2D eigenvalue weighted by Crippen LogP contribution is 1.70. The lowest BCUT2D eigenvalue weighted by atomic mass is 10.5. The van der Waals surface area contributed by atoms with Crippen LogP contribution >= 0.6 is 0 Å². The number of nitrogens with one attached hydrogen (secondary N) is 1. The van der Waals surface area contributed by atoms with Gasteiger partial charge in [0.25, 0.3) is 0 Å². The lowest BCUT2D eigenvalue weighted by Gasteiger charge is -1.79. The molecule has 0 aliphatic heterocycles. The summed E-state index contributed by atoms with van der Waals surface area (Å²) in [6.45, 7) is 0. The van der Waals surface area contributed by atoms with Gasteiger partial charge < -0.3 is 5.32 Å².